The van der Waals surface area contributed by atoms with Crippen LogP contribution in [0.1, 0.15) is 12.5 Å². The first-order valence-corrected chi connectivity index (χ1v) is 7.59. The van der Waals surface area contributed by atoms with Crippen LogP contribution in [-0.2, 0) is 16.4 Å². The summed E-state index contributed by atoms with van der Waals surface area (Å²) in [6, 6.07) is 4.86. The third kappa shape index (κ3) is 4.93. The summed E-state index contributed by atoms with van der Waals surface area (Å²) >= 11 is 5.97. The molecule has 6 heteroatoms. The predicted octanol–water partition coefficient (Wildman–Crippen LogP) is 1.68. The molecule has 0 heterocycles. The highest BCUT2D eigenvalue weighted by Gasteiger charge is 2.11. The zero-order valence-corrected chi connectivity index (χ0v) is 11.3. The van der Waals surface area contributed by atoms with E-state index in [2.05, 4.69) is 5.32 Å². The summed E-state index contributed by atoms with van der Waals surface area (Å²) in [5.41, 5.74) is 1.36. The Labute approximate surface area is 107 Å². The zero-order valence-electron chi connectivity index (χ0n) is 9.77. The fourth-order valence-corrected chi connectivity index (χ4v) is 2.71. The molecule has 0 aromatic heterocycles. The summed E-state index contributed by atoms with van der Waals surface area (Å²) in [7, 11) is -3.03. The van der Waals surface area contributed by atoms with Crippen LogP contribution < -0.4 is 5.32 Å². The Kier molecular flexibility index (Phi) is 4.80. The summed E-state index contributed by atoms with van der Waals surface area (Å²) in [5.74, 6) is 0.0344. The molecule has 0 aliphatic heterocycles. The lowest BCUT2D eigenvalue weighted by atomic mass is 10.2. The van der Waals surface area contributed by atoms with Gasteiger partial charge in [-0.3, -0.25) is 0 Å². The second-order valence-corrected chi connectivity index (χ2v) is 6.70. The van der Waals surface area contributed by atoms with Crippen LogP contribution in [0.2, 0.25) is 5.02 Å². The number of rotatable bonds is 5. The number of nitrogens with one attached hydrogen (secondary N) is 1. The molecule has 0 radical (unpaired) electrons. The van der Waals surface area contributed by atoms with Gasteiger partial charge < -0.3 is 10.4 Å². The van der Waals surface area contributed by atoms with E-state index in [0.717, 1.165) is 5.56 Å². The van der Waals surface area contributed by atoms with Gasteiger partial charge in [0.1, 0.15) is 9.84 Å². The smallest absolute Gasteiger partial charge is 0.149 e. The van der Waals surface area contributed by atoms with Gasteiger partial charge in [-0.15, -0.1) is 0 Å². The van der Waals surface area contributed by atoms with E-state index < -0.39 is 9.84 Å². The first kappa shape index (κ1) is 14.3. The number of anilines is 1. The Bertz CT molecular complexity index is 487. The van der Waals surface area contributed by atoms with Crippen molar-refractivity contribution in [2.75, 3.05) is 17.3 Å². The molecule has 0 spiro atoms. The second kappa shape index (κ2) is 5.71. The Balaban J connectivity index is 2.80. The van der Waals surface area contributed by atoms with Gasteiger partial charge in [0.15, 0.2) is 0 Å². The van der Waals surface area contributed by atoms with E-state index >= 15 is 0 Å². The number of aliphatic hydroxyl groups excluding tert-OH is 1. The van der Waals surface area contributed by atoms with Crippen molar-refractivity contribution >= 4 is 27.1 Å². The third-order valence-electron chi connectivity index (χ3n) is 2.17. The van der Waals surface area contributed by atoms with Crippen molar-refractivity contribution in [2.24, 2.45) is 0 Å². The molecule has 0 bridgehead atoms. The lowest BCUT2D eigenvalue weighted by Crippen LogP contribution is -2.25. The number of sulfone groups is 1. The van der Waals surface area contributed by atoms with Crippen LogP contribution in [0.25, 0.3) is 0 Å². The fraction of sp³-hybridized carbons (Fsp3) is 0.455. The van der Waals surface area contributed by atoms with E-state index in [0.29, 0.717) is 10.7 Å². The number of benzene rings is 1. The lowest BCUT2D eigenvalue weighted by molar-refractivity contribution is 0.282. The van der Waals surface area contributed by atoms with Crippen molar-refractivity contribution in [3.63, 3.8) is 0 Å². The molecule has 0 fully saturated rings. The summed E-state index contributed by atoms with van der Waals surface area (Å²) in [5, 5.41) is 12.5. The quantitative estimate of drug-likeness (QED) is 0.859. The highest BCUT2D eigenvalue weighted by Crippen LogP contribution is 2.23. The van der Waals surface area contributed by atoms with E-state index in [9.17, 15) is 8.42 Å². The molecule has 1 rings (SSSR count). The van der Waals surface area contributed by atoms with Gasteiger partial charge in [-0.2, -0.15) is 0 Å². The predicted molar refractivity (Wildman–Crippen MR) is 70.2 cm³/mol. The maximum Gasteiger partial charge on any atom is 0.149 e. The van der Waals surface area contributed by atoms with Crippen LogP contribution >= 0.6 is 11.6 Å². The van der Waals surface area contributed by atoms with Crippen LogP contribution in [0.4, 0.5) is 5.69 Å². The molecule has 1 atom stereocenters. The van der Waals surface area contributed by atoms with Crippen molar-refractivity contribution in [2.45, 2.75) is 19.6 Å². The summed E-state index contributed by atoms with van der Waals surface area (Å²) < 4.78 is 22.3. The molecule has 0 saturated carbocycles. The minimum Gasteiger partial charge on any atom is -0.392 e. The van der Waals surface area contributed by atoms with Gasteiger partial charge >= 0.3 is 0 Å². The van der Waals surface area contributed by atoms with Gasteiger partial charge in [0, 0.05) is 12.3 Å². The maximum absolute atomic E-state index is 11.1. The first-order chi connectivity index (χ1) is 7.81. The van der Waals surface area contributed by atoms with Crippen molar-refractivity contribution in [3.05, 3.63) is 28.8 Å². The molecule has 1 unspecified atom stereocenters. The molecular formula is C11H16ClNO3S. The van der Waals surface area contributed by atoms with Gasteiger partial charge in [-0.05, 0) is 24.6 Å². The average Bonchev–Trinajstić information content (AvgIpc) is 2.18. The number of hydrogen-bond acceptors (Lipinski definition) is 4. The Morgan fingerprint density at radius 3 is 2.65 bits per heavy atom. The zero-order chi connectivity index (χ0) is 13.1. The largest absolute Gasteiger partial charge is 0.392 e. The molecule has 0 saturated heterocycles. The standard InChI is InChI=1S/C11H16ClNO3S/c1-8(7-17(2,15)16)13-11-5-9(6-14)3-4-10(11)12/h3-5,8,13-14H,6-7H2,1-2H3. The average molecular weight is 278 g/mol. The molecule has 1 aromatic carbocycles. The Morgan fingerprint density at radius 1 is 1.47 bits per heavy atom. The normalized spacial score (nSPS) is 13.4. The van der Waals surface area contributed by atoms with Crippen molar-refractivity contribution in [3.8, 4) is 0 Å². The molecule has 0 amide bonds. The summed E-state index contributed by atoms with van der Waals surface area (Å²) in [6.45, 7) is 1.69. The van der Waals surface area contributed by atoms with Crippen molar-refractivity contribution < 1.29 is 13.5 Å². The topological polar surface area (TPSA) is 66.4 Å². The lowest BCUT2D eigenvalue weighted by Gasteiger charge is -2.16. The summed E-state index contributed by atoms with van der Waals surface area (Å²) in [4.78, 5) is 0. The van der Waals surface area contributed by atoms with E-state index in [4.69, 9.17) is 16.7 Å². The Morgan fingerprint density at radius 2 is 2.12 bits per heavy atom. The van der Waals surface area contributed by atoms with Crippen LogP contribution in [0.3, 0.4) is 0 Å². The maximum atomic E-state index is 11.1. The number of hydrogen-bond donors (Lipinski definition) is 2. The fourth-order valence-electron chi connectivity index (χ4n) is 1.54. The summed E-state index contributed by atoms with van der Waals surface area (Å²) in [6.07, 6.45) is 1.19. The molecule has 2 N–H and O–H groups in total. The molecule has 1 aromatic rings. The molecular weight excluding hydrogens is 262 g/mol. The van der Waals surface area contributed by atoms with Crippen LogP contribution in [-0.4, -0.2) is 31.6 Å². The third-order valence-corrected chi connectivity index (χ3v) is 3.60. The van der Waals surface area contributed by atoms with Gasteiger partial charge in [0.05, 0.1) is 23.1 Å². The van der Waals surface area contributed by atoms with E-state index in [-0.39, 0.29) is 18.4 Å². The Hall–Kier alpha value is -0.780. The molecule has 0 aliphatic rings. The van der Waals surface area contributed by atoms with E-state index in [1.807, 2.05) is 0 Å². The van der Waals surface area contributed by atoms with Crippen molar-refractivity contribution in [1.82, 2.24) is 0 Å². The molecule has 4 nitrogen and oxygen atoms in total. The van der Waals surface area contributed by atoms with Crippen LogP contribution in [0.5, 0.6) is 0 Å². The first-order valence-electron chi connectivity index (χ1n) is 5.15. The van der Waals surface area contributed by atoms with E-state index in [1.54, 1.807) is 25.1 Å². The minimum atomic E-state index is -3.03. The van der Waals surface area contributed by atoms with Gasteiger partial charge in [0.2, 0.25) is 0 Å². The van der Waals surface area contributed by atoms with Gasteiger partial charge in [-0.1, -0.05) is 17.7 Å². The monoisotopic (exact) mass is 277 g/mol. The van der Waals surface area contributed by atoms with Gasteiger partial charge in [0.25, 0.3) is 0 Å². The van der Waals surface area contributed by atoms with E-state index in [1.165, 1.54) is 6.26 Å². The SMILES string of the molecule is CC(CS(C)(=O)=O)Nc1cc(CO)ccc1Cl. The van der Waals surface area contributed by atoms with Crippen molar-refractivity contribution in [1.29, 1.82) is 0 Å². The molecule has 17 heavy (non-hydrogen) atoms. The highest BCUT2D eigenvalue weighted by atomic mass is 35.5. The number of aliphatic hydroxyl groups is 1. The van der Waals surface area contributed by atoms with Gasteiger partial charge in [-0.25, -0.2) is 8.42 Å². The molecule has 0 aliphatic carbocycles. The van der Waals surface area contributed by atoms with Crippen LogP contribution in [0, 0.1) is 0 Å². The molecule has 96 valence electrons. The number of halogens is 1. The second-order valence-electron chi connectivity index (χ2n) is 4.11. The highest BCUT2D eigenvalue weighted by molar-refractivity contribution is 7.90. The minimum absolute atomic E-state index is 0.0344. The van der Waals surface area contributed by atoms with Crippen LogP contribution in [0.15, 0.2) is 18.2 Å².